The molecule has 0 aliphatic carbocycles. The highest BCUT2D eigenvalue weighted by Gasteiger charge is 2.40. The van der Waals surface area contributed by atoms with Crippen molar-refractivity contribution < 1.29 is 37.7 Å². The summed E-state index contributed by atoms with van der Waals surface area (Å²) in [5.41, 5.74) is 1.02. The summed E-state index contributed by atoms with van der Waals surface area (Å²) < 4.78 is 27.8. The first-order chi connectivity index (χ1) is 18.0. The van der Waals surface area contributed by atoms with Gasteiger partial charge in [0.25, 0.3) is 0 Å². The second kappa shape index (κ2) is 10.8. The smallest absolute Gasteiger partial charge is 0.408 e. The van der Waals surface area contributed by atoms with E-state index in [-0.39, 0.29) is 11.1 Å². The van der Waals surface area contributed by atoms with E-state index in [4.69, 9.17) is 23.4 Å². The zero-order valence-corrected chi connectivity index (χ0v) is 21.4. The normalized spacial score (nSPS) is 17.6. The monoisotopic (exact) mass is 519 g/mol. The number of cyclic esters (lactones) is 1. The zero-order valence-electron chi connectivity index (χ0n) is 21.4. The van der Waals surface area contributed by atoms with Crippen LogP contribution < -0.4 is 10.1 Å². The minimum Gasteiger partial charge on any atom is -0.489 e. The van der Waals surface area contributed by atoms with E-state index in [9.17, 15) is 14.4 Å². The Labute approximate surface area is 220 Å². The van der Waals surface area contributed by atoms with E-state index in [1.165, 1.54) is 0 Å². The van der Waals surface area contributed by atoms with Crippen molar-refractivity contribution in [1.29, 1.82) is 0 Å². The Morgan fingerprint density at radius 3 is 2.50 bits per heavy atom. The van der Waals surface area contributed by atoms with Gasteiger partial charge in [-0.15, -0.1) is 0 Å². The van der Waals surface area contributed by atoms with Crippen LogP contribution in [0, 0.1) is 0 Å². The molecule has 9 heteroatoms. The summed E-state index contributed by atoms with van der Waals surface area (Å²) in [4.78, 5) is 36.7. The number of carbonyl (C=O) groups is 3. The molecule has 2 unspecified atom stereocenters. The molecule has 0 radical (unpaired) electrons. The molecule has 1 amide bonds. The van der Waals surface area contributed by atoms with Crippen molar-refractivity contribution >= 4 is 29.0 Å². The van der Waals surface area contributed by atoms with Crippen LogP contribution in [-0.4, -0.2) is 36.3 Å². The molecule has 38 heavy (non-hydrogen) atoms. The standard InChI is InChI=1S/C29H29NO8/c1-17-25(36-24(31)15-30-28(33)38-29(3,4)5)18(2)27(32)37-26(17)23-14-20-13-21(11-12-22(20)35-23)34-16-19-9-7-6-8-10-19/h6-14,25-26H,1-2,15-16H2,3-5H3,(H,30,33). The van der Waals surface area contributed by atoms with Gasteiger partial charge < -0.3 is 28.7 Å². The third-order valence-electron chi connectivity index (χ3n) is 5.52. The quantitative estimate of drug-likeness (QED) is 0.197. The fourth-order valence-electron chi connectivity index (χ4n) is 3.75. The Balaban J connectivity index is 1.44. The van der Waals surface area contributed by atoms with Gasteiger partial charge in [-0.05, 0) is 50.6 Å². The maximum atomic E-state index is 12.5. The lowest BCUT2D eigenvalue weighted by atomic mass is 9.94. The number of nitrogens with one attached hydrogen (secondary N) is 1. The molecule has 0 spiro atoms. The second-order valence-electron chi connectivity index (χ2n) is 9.73. The third-order valence-corrected chi connectivity index (χ3v) is 5.52. The van der Waals surface area contributed by atoms with Crippen LogP contribution >= 0.6 is 0 Å². The van der Waals surface area contributed by atoms with Crippen molar-refractivity contribution in [2.24, 2.45) is 0 Å². The number of esters is 2. The number of carbonyl (C=O) groups excluding carboxylic acids is 3. The molecule has 9 nitrogen and oxygen atoms in total. The lowest BCUT2D eigenvalue weighted by molar-refractivity contribution is -0.155. The summed E-state index contributed by atoms with van der Waals surface area (Å²) in [6.45, 7) is 12.7. The Hall–Kier alpha value is -4.53. The van der Waals surface area contributed by atoms with Gasteiger partial charge in [-0.2, -0.15) is 0 Å². The third kappa shape index (κ3) is 6.42. The molecule has 0 bridgehead atoms. The SMILES string of the molecule is C=C1C(=O)OC(c2cc3cc(OCc4ccccc4)ccc3o2)C(=C)C1OC(=O)CNC(=O)OC(C)(C)C. The first-order valence-corrected chi connectivity index (χ1v) is 11.9. The summed E-state index contributed by atoms with van der Waals surface area (Å²) in [7, 11) is 0. The highest BCUT2D eigenvalue weighted by atomic mass is 16.6. The van der Waals surface area contributed by atoms with Crippen LogP contribution in [0.5, 0.6) is 5.75 Å². The fourth-order valence-corrected chi connectivity index (χ4v) is 3.75. The van der Waals surface area contributed by atoms with Gasteiger partial charge in [-0.1, -0.05) is 43.5 Å². The fraction of sp³-hybridized carbons (Fsp3) is 0.276. The highest BCUT2D eigenvalue weighted by molar-refractivity contribution is 5.92. The lowest BCUT2D eigenvalue weighted by Crippen LogP contribution is -2.40. The molecule has 2 heterocycles. The molecule has 2 atom stereocenters. The maximum absolute atomic E-state index is 12.5. The van der Waals surface area contributed by atoms with Gasteiger partial charge in [-0.25, -0.2) is 9.59 Å². The summed E-state index contributed by atoms with van der Waals surface area (Å²) >= 11 is 0. The van der Waals surface area contributed by atoms with Crippen molar-refractivity contribution in [3.05, 3.63) is 90.2 Å². The van der Waals surface area contributed by atoms with Gasteiger partial charge in [0.15, 0.2) is 18.0 Å². The molecular formula is C29H29NO8. The second-order valence-corrected chi connectivity index (χ2v) is 9.73. The average Bonchev–Trinajstić information content (AvgIpc) is 3.29. The van der Waals surface area contributed by atoms with Crippen LogP contribution in [0.3, 0.4) is 0 Å². The van der Waals surface area contributed by atoms with Crippen LogP contribution in [-0.2, 0) is 30.4 Å². The molecule has 4 rings (SSSR count). The molecule has 1 N–H and O–H groups in total. The van der Waals surface area contributed by atoms with Crippen molar-refractivity contribution in [3.8, 4) is 5.75 Å². The number of amides is 1. The van der Waals surface area contributed by atoms with E-state index in [0.717, 1.165) is 10.9 Å². The van der Waals surface area contributed by atoms with Crippen LogP contribution in [0.1, 0.15) is 38.2 Å². The number of furan rings is 1. The molecule has 1 aromatic heterocycles. The van der Waals surface area contributed by atoms with Crippen LogP contribution in [0.25, 0.3) is 11.0 Å². The van der Waals surface area contributed by atoms with Crippen molar-refractivity contribution in [2.75, 3.05) is 6.54 Å². The van der Waals surface area contributed by atoms with Crippen LogP contribution in [0.4, 0.5) is 4.79 Å². The zero-order chi connectivity index (χ0) is 27.4. The van der Waals surface area contributed by atoms with Gasteiger partial charge in [0.05, 0.1) is 5.57 Å². The summed E-state index contributed by atoms with van der Waals surface area (Å²) in [6.07, 6.45) is -2.94. The van der Waals surface area contributed by atoms with Crippen molar-refractivity contribution in [1.82, 2.24) is 5.32 Å². The van der Waals surface area contributed by atoms with Crippen LogP contribution in [0.2, 0.25) is 0 Å². The minimum atomic E-state index is -1.16. The number of ether oxygens (including phenoxy) is 4. The van der Waals surface area contributed by atoms with E-state index in [1.807, 2.05) is 36.4 Å². The molecule has 0 saturated carbocycles. The topological polar surface area (TPSA) is 113 Å². The van der Waals surface area contributed by atoms with Gasteiger partial charge in [0.2, 0.25) is 0 Å². The van der Waals surface area contributed by atoms with Gasteiger partial charge in [-0.3, -0.25) is 4.79 Å². The summed E-state index contributed by atoms with van der Waals surface area (Å²) in [5, 5.41) is 3.04. The van der Waals surface area contributed by atoms with Crippen molar-refractivity contribution in [3.63, 3.8) is 0 Å². The number of rotatable bonds is 7. The average molecular weight is 520 g/mol. The summed E-state index contributed by atoms with van der Waals surface area (Å²) in [6, 6.07) is 16.8. The largest absolute Gasteiger partial charge is 0.489 e. The van der Waals surface area contributed by atoms with Gasteiger partial charge in [0.1, 0.15) is 30.1 Å². The highest BCUT2D eigenvalue weighted by Crippen LogP contribution is 2.39. The van der Waals surface area contributed by atoms with Gasteiger partial charge in [0, 0.05) is 11.0 Å². The molecule has 2 aromatic carbocycles. The predicted octanol–water partition coefficient (Wildman–Crippen LogP) is 5.16. The van der Waals surface area contributed by atoms with Crippen LogP contribution in [0.15, 0.2) is 83.3 Å². The van der Waals surface area contributed by atoms with E-state index < -0.39 is 42.4 Å². The number of hydrogen-bond acceptors (Lipinski definition) is 8. The first kappa shape index (κ1) is 26.5. The Bertz CT molecular complexity index is 1380. The number of fused-ring (bicyclic) bond motifs is 1. The van der Waals surface area contributed by atoms with E-state index in [0.29, 0.717) is 23.7 Å². The number of benzene rings is 2. The molecule has 1 aliphatic heterocycles. The minimum absolute atomic E-state index is 0.0930. The molecular weight excluding hydrogens is 490 g/mol. The van der Waals surface area contributed by atoms with E-state index >= 15 is 0 Å². The lowest BCUT2D eigenvalue weighted by Gasteiger charge is -2.31. The van der Waals surface area contributed by atoms with E-state index in [1.54, 1.807) is 39.0 Å². The maximum Gasteiger partial charge on any atom is 0.408 e. The molecule has 1 fully saturated rings. The molecule has 198 valence electrons. The molecule has 1 saturated heterocycles. The Kier molecular flexibility index (Phi) is 7.57. The first-order valence-electron chi connectivity index (χ1n) is 11.9. The Morgan fingerprint density at radius 1 is 1.05 bits per heavy atom. The summed E-state index contributed by atoms with van der Waals surface area (Å²) in [5.74, 6) is -0.612. The molecule has 3 aromatic rings. The van der Waals surface area contributed by atoms with Crippen molar-refractivity contribution in [2.45, 2.75) is 45.2 Å². The van der Waals surface area contributed by atoms with Gasteiger partial charge >= 0.3 is 18.0 Å². The van der Waals surface area contributed by atoms with E-state index in [2.05, 4.69) is 18.5 Å². The number of alkyl carbamates (subject to hydrolysis) is 1. The predicted molar refractivity (Wildman–Crippen MR) is 138 cm³/mol. The Morgan fingerprint density at radius 2 is 1.79 bits per heavy atom. The number of hydrogen-bond donors (Lipinski definition) is 1. The molecule has 1 aliphatic rings.